The highest BCUT2D eigenvalue weighted by Crippen LogP contribution is 2.22. The molecule has 0 aromatic heterocycles. The van der Waals surface area contributed by atoms with Crippen LogP contribution in [-0.2, 0) is 16.0 Å². The third-order valence-corrected chi connectivity index (χ3v) is 2.12. The quantitative estimate of drug-likeness (QED) is 0.375. The number of benzene rings is 1. The van der Waals surface area contributed by atoms with Gasteiger partial charge in [-0.3, -0.25) is 4.79 Å². The van der Waals surface area contributed by atoms with E-state index in [-0.39, 0.29) is 0 Å². The second-order valence-corrected chi connectivity index (χ2v) is 3.63. The molecule has 0 spiro atoms. The fourth-order valence-electron chi connectivity index (χ4n) is 1.44. The maximum Gasteiger partial charge on any atom is 0.328 e. The van der Waals surface area contributed by atoms with Crippen LogP contribution in [0.3, 0.4) is 0 Å². The monoisotopic (exact) mass is 246 g/mol. The number of carbonyl (C=O) groups excluding carboxylic acids is 1. The third-order valence-electron chi connectivity index (χ3n) is 2.12. The van der Waals surface area contributed by atoms with E-state index in [9.17, 15) is 9.59 Å². The summed E-state index contributed by atoms with van der Waals surface area (Å²) in [5, 5.41) is 8.55. The van der Waals surface area contributed by atoms with Crippen LogP contribution in [0.4, 0.5) is 0 Å². The van der Waals surface area contributed by atoms with Crippen LogP contribution < -0.4 is 4.74 Å². The van der Waals surface area contributed by atoms with E-state index in [2.05, 4.69) is 6.58 Å². The van der Waals surface area contributed by atoms with Crippen molar-refractivity contribution in [2.45, 2.75) is 13.3 Å². The first-order chi connectivity index (χ1) is 8.52. The molecule has 0 aliphatic rings. The van der Waals surface area contributed by atoms with Gasteiger partial charge in [-0.1, -0.05) is 12.1 Å². The average Bonchev–Trinajstić information content (AvgIpc) is 2.29. The van der Waals surface area contributed by atoms with Crippen molar-refractivity contribution in [2.75, 3.05) is 0 Å². The first-order valence-electron chi connectivity index (χ1n) is 5.36. The van der Waals surface area contributed by atoms with Crippen molar-refractivity contribution in [1.29, 1.82) is 0 Å². The van der Waals surface area contributed by atoms with E-state index in [0.717, 1.165) is 17.2 Å². The Morgan fingerprint density at radius 1 is 1.44 bits per heavy atom. The Labute approximate surface area is 105 Å². The minimum absolute atomic E-state index is 0.394. The smallest absolute Gasteiger partial charge is 0.328 e. The van der Waals surface area contributed by atoms with Crippen LogP contribution in [0.5, 0.6) is 5.75 Å². The zero-order valence-corrected chi connectivity index (χ0v) is 10.1. The zero-order valence-electron chi connectivity index (χ0n) is 10.1. The van der Waals surface area contributed by atoms with Gasteiger partial charge < -0.3 is 9.84 Å². The van der Waals surface area contributed by atoms with Crippen LogP contribution in [0.15, 0.2) is 36.9 Å². The summed E-state index contributed by atoms with van der Waals surface area (Å²) in [7, 11) is 0. The number of hydrogen-bond acceptors (Lipinski definition) is 3. The van der Waals surface area contributed by atoms with Gasteiger partial charge in [0.15, 0.2) is 0 Å². The maximum absolute atomic E-state index is 10.9. The summed E-state index contributed by atoms with van der Waals surface area (Å²) in [6.07, 6.45) is 4.76. The van der Waals surface area contributed by atoms with Crippen LogP contribution in [0, 0.1) is 0 Å². The molecule has 0 amide bonds. The number of esters is 1. The van der Waals surface area contributed by atoms with E-state index < -0.39 is 11.9 Å². The van der Waals surface area contributed by atoms with Gasteiger partial charge in [0.05, 0.1) is 0 Å². The van der Waals surface area contributed by atoms with Crippen molar-refractivity contribution >= 4 is 18.0 Å². The lowest BCUT2D eigenvalue weighted by molar-refractivity contribution is -0.132. The molecule has 4 heteroatoms. The molecular weight excluding hydrogens is 232 g/mol. The average molecular weight is 246 g/mol. The van der Waals surface area contributed by atoms with Crippen LogP contribution in [-0.4, -0.2) is 17.0 Å². The SMILES string of the molecule is C=CCc1cc(C=CC(=O)O)ccc1OC(C)=O. The summed E-state index contributed by atoms with van der Waals surface area (Å²) >= 11 is 0. The molecule has 1 N–H and O–H groups in total. The fraction of sp³-hybridized carbons (Fsp3) is 0.143. The van der Waals surface area contributed by atoms with Crippen molar-refractivity contribution in [3.05, 3.63) is 48.1 Å². The van der Waals surface area contributed by atoms with Gasteiger partial charge in [-0.25, -0.2) is 4.79 Å². The zero-order chi connectivity index (χ0) is 13.5. The van der Waals surface area contributed by atoms with Gasteiger partial charge in [-0.15, -0.1) is 6.58 Å². The van der Waals surface area contributed by atoms with Crippen molar-refractivity contribution in [3.8, 4) is 5.75 Å². The molecule has 0 aliphatic carbocycles. The molecular formula is C14H14O4. The van der Waals surface area contributed by atoms with Crippen molar-refractivity contribution in [2.24, 2.45) is 0 Å². The lowest BCUT2D eigenvalue weighted by atomic mass is 10.1. The molecule has 4 nitrogen and oxygen atoms in total. The molecule has 18 heavy (non-hydrogen) atoms. The van der Waals surface area contributed by atoms with Gasteiger partial charge in [-0.05, 0) is 35.8 Å². The van der Waals surface area contributed by atoms with Gasteiger partial charge in [0.25, 0.3) is 0 Å². The van der Waals surface area contributed by atoms with Gasteiger partial charge >= 0.3 is 11.9 Å². The molecule has 0 atom stereocenters. The molecule has 1 rings (SSSR count). The molecule has 0 saturated heterocycles. The standard InChI is InChI=1S/C14H14O4/c1-3-4-12-9-11(6-8-14(16)17)5-7-13(12)18-10(2)15/h3,5-9H,1,4H2,2H3,(H,16,17). The molecule has 0 saturated carbocycles. The number of carbonyl (C=O) groups is 2. The van der Waals surface area contributed by atoms with Crippen LogP contribution >= 0.6 is 0 Å². The summed E-state index contributed by atoms with van der Waals surface area (Å²) in [5.74, 6) is -0.937. The minimum Gasteiger partial charge on any atom is -0.478 e. The fourth-order valence-corrected chi connectivity index (χ4v) is 1.44. The number of hydrogen-bond donors (Lipinski definition) is 1. The van der Waals surface area contributed by atoms with Gasteiger partial charge in [0.1, 0.15) is 5.75 Å². The highest BCUT2D eigenvalue weighted by atomic mass is 16.5. The van der Waals surface area contributed by atoms with E-state index in [1.54, 1.807) is 24.3 Å². The van der Waals surface area contributed by atoms with E-state index in [1.165, 1.54) is 13.0 Å². The Hall–Kier alpha value is -2.36. The Balaban J connectivity index is 3.05. The summed E-state index contributed by atoms with van der Waals surface area (Å²) in [5.41, 5.74) is 1.51. The molecule has 0 unspecified atom stereocenters. The number of carboxylic acid groups (broad SMARTS) is 1. The number of allylic oxidation sites excluding steroid dienone is 1. The first-order valence-corrected chi connectivity index (χ1v) is 5.36. The number of carboxylic acids is 1. The van der Waals surface area contributed by atoms with E-state index in [0.29, 0.717) is 12.2 Å². The summed E-state index contributed by atoms with van der Waals surface area (Å²) < 4.78 is 5.05. The van der Waals surface area contributed by atoms with Crippen molar-refractivity contribution in [1.82, 2.24) is 0 Å². The molecule has 0 bridgehead atoms. The van der Waals surface area contributed by atoms with Crippen LogP contribution in [0.2, 0.25) is 0 Å². The van der Waals surface area contributed by atoms with Crippen LogP contribution in [0.1, 0.15) is 18.1 Å². The van der Waals surface area contributed by atoms with Crippen molar-refractivity contribution in [3.63, 3.8) is 0 Å². The summed E-state index contributed by atoms with van der Waals surface area (Å²) in [6.45, 7) is 4.96. The second kappa shape index (κ2) is 6.39. The highest BCUT2D eigenvalue weighted by Gasteiger charge is 2.05. The number of ether oxygens (including phenoxy) is 1. The van der Waals surface area contributed by atoms with E-state index >= 15 is 0 Å². The molecule has 0 fully saturated rings. The molecule has 1 aromatic carbocycles. The highest BCUT2D eigenvalue weighted by molar-refractivity contribution is 5.85. The Morgan fingerprint density at radius 3 is 2.72 bits per heavy atom. The molecule has 0 heterocycles. The lowest BCUT2D eigenvalue weighted by Gasteiger charge is -2.08. The van der Waals surface area contributed by atoms with Crippen LogP contribution in [0.25, 0.3) is 6.08 Å². The lowest BCUT2D eigenvalue weighted by Crippen LogP contribution is -2.04. The molecule has 94 valence electrons. The molecule has 0 radical (unpaired) electrons. The summed E-state index contributed by atoms with van der Waals surface area (Å²) in [6, 6.07) is 5.09. The third kappa shape index (κ3) is 4.25. The minimum atomic E-state index is -1.01. The topological polar surface area (TPSA) is 63.6 Å². The van der Waals surface area contributed by atoms with Gasteiger partial charge in [-0.2, -0.15) is 0 Å². The largest absolute Gasteiger partial charge is 0.478 e. The normalized spacial score (nSPS) is 10.3. The predicted molar refractivity (Wildman–Crippen MR) is 68.3 cm³/mol. The molecule has 0 aliphatic heterocycles. The van der Waals surface area contributed by atoms with Gasteiger partial charge in [0.2, 0.25) is 0 Å². The van der Waals surface area contributed by atoms with E-state index in [1.807, 2.05) is 0 Å². The van der Waals surface area contributed by atoms with E-state index in [4.69, 9.17) is 9.84 Å². The Kier molecular flexibility index (Phi) is 4.87. The molecule has 1 aromatic rings. The number of aliphatic carboxylic acids is 1. The Morgan fingerprint density at radius 2 is 2.17 bits per heavy atom. The maximum atomic E-state index is 10.9. The van der Waals surface area contributed by atoms with Crippen molar-refractivity contribution < 1.29 is 19.4 Å². The predicted octanol–water partition coefficient (Wildman–Crippen LogP) is 2.44. The first kappa shape index (κ1) is 13.7. The number of rotatable bonds is 5. The van der Waals surface area contributed by atoms with Gasteiger partial charge in [0, 0.05) is 13.0 Å². The second-order valence-electron chi connectivity index (χ2n) is 3.63. The Bertz CT molecular complexity index is 501. The summed E-state index contributed by atoms with van der Waals surface area (Å²) in [4.78, 5) is 21.4.